The van der Waals surface area contributed by atoms with E-state index in [2.05, 4.69) is 29.6 Å². The molecule has 0 unspecified atom stereocenters. The number of rotatable bonds is 9. The standard InChI is InChI=1S/C31H24ClFN2O5S/c1-2-39-27-14-19(8-12-26(27)40-18-20-7-9-21-5-3-4-6-22(21)13-20)15-28-30(37)35(31(38)41-28)17-29(36)34-23-10-11-25(33)24(32)16-23/h3-16H,2,17-18H2,1H3,(H,34,36)/b28-15+. The van der Waals surface area contributed by atoms with Crippen molar-refractivity contribution in [1.29, 1.82) is 0 Å². The van der Waals surface area contributed by atoms with Gasteiger partial charge in [-0.25, -0.2) is 4.39 Å². The maximum Gasteiger partial charge on any atom is 0.294 e. The lowest BCUT2D eigenvalue weighted by Crippen LogP contribution is -2.36. The van der Waals surface area contributed by atoms with E-state index in [1.807, 2.05) is 25.1 Å². The van der Waals surface area contributed by atoms with Gasteiger partial charge in [0, 0.05) is 5.69 Å². The van der Waals surface area contributed by atoms with Crippen LogP contribution in [0.5, 0.6) is 11.5 Å². The Kier molecular flexibility index (Phi) is 8.56. The molecule has 0 spiro atoms. The number of amides is 3. The molecule has 3 amide bonds. The first-order chi connectivity index (χ1) is 19.8. The fraction of sp³-hybridized carbons (Fsp3) is 0.129. The molecule has 1 aliphatic heterocycles. The summed E-state index contributed by atoms with van der Waals surface area (Å²) >= 11 is 6.48. The number of thioether (sulfide) groups is 1. The average molecular weight is 591 g/mol. The first-order valence-electron chi connectivity index (χ1n) is 12.7. The first-order valence-corrected chi connectivity index (χ1v) is 13.9. The summed E-state index contributed by atoms with van der Waals surface area (Å²) in [5.74, 6) is -0.802. The maximum atomic E-state index is 13.4. The highest BCUT2D eigenvalue weighted by Crippen LogP contribution is 2.35. The third-order valence-corrected chi connectivity index (χ3v) is 7.35. The maximum absolute atomic E-state index is 13.4. The number of benzene rings is 4. The molecular weight excluding hydrogens is 567 g/mol. The van der Waals surface area contributed by atoms with Crippen molar-refractivity contribution in [2.45, 2.75) is 13.5 Å². The molecule has 1 aliphatic rings. The number of nitrogens with one attached hydrogen (secondary N) is 1. The van der Waals surface area contributed by atoms with Crippen molar-refractivity contribution < 1.29 is 28.2 Å². The van der Waals surface area contributed by atoms with Crippen molar-refractivity contribution in [2.24, 2.45) is 0 Å². The first kappa shape index (κ1) is 28.2. The van der Waals surface area contributed by atoms with Crippen LogP contribution in [0.15, 0.2) is 83.8 Å². The van der Waals surface area contributed by atoms with Gasteiger partial charge in [-0.2, -0.15) is 0 Å². The Bertz CT molecular complexity index is 1690. The van der Waals surface area contributed by atoms with Gasteiger partial charge in [0.1, 0.15) is 19.0 Å². The monoisotopic (exact) mass is 590 g/mol. The zero-order valence-corrected chi connectivity index (χ0v) is 23.4. The van der Waals surface area contributed by atoms with Crippen LogP contribution in [0.3, 0.4) is 0 Å². The molecule has 1 saturated heterocycles. The van der Waals surface area contributed by atoms with Gasteiger partial charge in [-0.1, -0.05) is 54.1 Å². The van der Waals surface area contributed by atoms with E-state index in [0.29, 0.717) is 30.3 Å². The van der Waals surface area contributed by atoms with Gasteiger partial charge in [0.05, 0.1) is 16.5 Å². The molecule has 10 heteroatoms. The lowest BCUT2D eigenvalue weighted by molar-refractivity contribution is -0.127. The number of halogens is 2. The highest BCUT2D eigenvalue weighted by atomic mass is 35.5. The Morgan fingerprint density at radius 1 is 0.976 bits per heavy atom. The lowest BCUT2D eigenvalue weighted by Gasteiger charge is -2.13. The Labute approximate surface area is 244 Å². The molecule has 4 aromatic rings. The largest absolute Gasteiger partial charge is 0.490 e. The average Bonchev–Trinajstić information content (AvgIpc) is 3.21. The molecule has 0 bridgehead atoms. The molecule has 208 valence electrons. The Balaban J connectivity index is 1.26. The molecule has 1 heterocycles. The third-order valence-electron chi connectivity index (χ3n) is 6.15. The predicted octanol–water partition coefficient (Wildman–Crippen LogP) is 7.29. The van der Waals surface area contributed by atoms with E-state index in [9.17, 15) is 18.8 Å². The number of ether oxygens (including phenoxy) is 2. The second kappa shape index (κ2) is 12.4. The number of carbonyl (C=O) groups excluding carboxylic acids is 3. The number of anilines is 1. The lowest BCUT2D eigenvalue weighted by atomic mass is 10.1. The second-order valence-electron chi connectivity index (χ2n) is 9.05. The van der Waals surface area contributed by atoms with Gasteiger partial charge < -0.3 is 14.8 Å². The summed E-state index contributed by atoms with van der Waals surface area (Å²) in [6.07, 6.45) is 1.57. The van der Waals surface area contributed by atoms with Crippen molar-refractivity contribution in [3.05, 3.63) is 106 Å². The van der Waals surface area contributed by atoms with E-state index in [0.717, 1.165) is 39.1 Å². The van der Waals surface area contributed by atoms with E-state index in [-0.39, 0.29) is 15.6 Å². The molecule has 0 atom stereocenters. The molecule has 0 aromatic heterocycles. The molecule has 5 rings (SSSR count). The van der Waals surface area contributed by atoms with Gasteiger partial charge in [0.15, 0.2) is 11.5 Å². The number of hydrogen-bond donors (Lipinski definition) is 1. The zero-order chi connectivity index (χ0) is 28.9. The van der Waals surface area contributed by atoms with Crippen molar-refractivity contribution in [1.82, 2.24) is 4.90 Å². The normalized spacial score (nSPS) is 14.1. The molecule has 0 aliphatic carbocycles. The van der Waals surface area contributed by atoms with Crippen molar-refractivity contribution >= 4 is 63.0 Å². The number of carbonyl (C=O) groups is 3. The van der Waals surface area contributed by atoms with Crippen molar-refractivity contribution in [2.75, 3.05) is 18.5 Å². The van der Waals surface area contributed by atoms with Crippen LogP contribution in [0, 0.1) is 5.82 Å². The summed E-state index contributed by atoms with van der Waals surface area (Å²) in [6, 6.07) is 23.2. The molecule has 0 radical (unpaired) electrons. The van der Waals surface area contributed by atoms with Crippen molar-refractivity contribution in [3.63, 3.8) is 0 Å². The summed E-state index contributed by atoms with van der Waals surface area (Å²) in [6.45, 7) is 2.11. The van der Waals surface area contributed by atoms with E-state index in [1.165, 1.54) is 12.1 Å². The van der Waals surface area contributed by atoms with Crippen LogP contribution >= 0.6 is 23.4 Å². The van der Waals surface area contributed by atoms with E-state index in [4.69, 9.17) is 21.1 Å². The van der Waals surface area contributed by atoms with Gasteiger partial charge in [0.2, 0.25) is 5.91 Å². The predicted molar refractivity (Wildman–Crippen MR) is 159 cm³/mol. The van der Waals surface area contributed by atoms with E-state index >= 15 is 0 Å². The van der Waals surface area contributed by atoms with Gasteiger partial charge in [-0.05, 0) is 83.1 Å². The van der Waals surface area contributed by atoms with Crippen LogP contribution in [0.1, 0.15) is 18.1 Å². The number of hydrogen-bond acceptors (Lipinski definition) is 6. The van der Waals surface area contributed by atoms with Crippen LogP contribution in [0.2, 0.25) is 5.02 Å². The SMILES string of the molecule is CCOc1cc(/C=C2/SC(=O)N(CC(=O)Nc3ccc(F)c(Cl)c3)C2=O)ccc1OCc1ccc2ccccc2c1. The number of imide groups is 1. The Morgan fingerprint density at radius 2 is 1.78 bits per heavy atom. The Hall–Kier alpha value is -4.34. The molecule has 1 fully saturated rings. The van der Waals surface area contributed by atoms with Crippen molar-refractivity contribution in [3.8, 4) is 11.5 Å². The minimum absolute atomic E-state index is 0.159. The quantitative estimate of drug-likeness (QED) is 0.206. The van der Waals surface area contributed by atoms with Gasteiger partial charge in [-0.3, -0.25) is 19.3 Å². The molecule has 7 nitrogen and oxygen atoms in total. The third kappa shape index (κ3) is 6.70. The number of fused-ring (bicyclic) bond motifs is 1. The zero-order valence-electron chi connectivity index (χ0n) is 21.9. The van der Waals surface area contributed by atoms with Crippen LogP contribution in [0.25, 0.3) is 16.8 Å². The summed E-state index contributed by atoms with van der Waals surface area (Å²) in [4.78, 5) is 38.9. The molecule has 41 heavy (non-hydrogen) atoms. The van der Waals surface area contributed by atoms with Crippen LogP contribution in [-0.4, -0.2) is 35.1 Å². The summed E-state index contributed by atoms with van der Waals surface area (Å²) in [5.41, 5.74) is 1.88. The second-order valence-corrected chi connectivity index (χ2v) is 10.5. The smallest absolute Gasteiger partial charge is 0.294 e. The van der Waals surface area contributed by atoms with Gasteiger partial charge in [-0.15, -0.1) is 0 Å². The van der Waals surface area contributed by atoms with E-state index in [1.54, 1.807) is 24.3 Å². The Morgan fingerprint density at radius 3 is 2.56 bits per heavy atom. The van der Waals surface area contributed by atoms with E-state index < -0.39 is 29.4 Å². The van der Waals surface area contributed by atoms with Crippen LogP contribution in [-0.2, 0) is 16.2 Å². The number of nitrogens with zero attached hydrogens (tertiary/aromatic N) is 1. The summed E-state index contributed by atoms with van der Waals surface area (Å²) < 4.78 is 25.2. The van der Waals surface area contributed by atoms with Crippen LogP contribution < -0.4 is 14.8 Å². The van der Waals surface area contributed by atoms with Gasteiger partial charge in [0.25, 0.3) is 11.1 Å². The summed E-state index contributed by atoms with van der Waals surface area (Å²) in [5, 5.41) is 4.05. The highest BCUT2D eigenvalue weighted by molar-refractivity contribution is 8.18. The molecule has 4 aromatic carbocycles. The fourth-order valence-electron chi connectivity index (χ4n) is 4.20. The topological polar surface area (TPSA) is 84.9 Å². The minimum Gasteiger partial charge on any atom is -0.490 e. The van der Waals surface area contributed by atoms with Crippen LogP contribution in [0.4, 0.5) is 14.9 Å². The minimum atomic E-state index is -0.627. The summed E-state index contributed by atoms with van der Waals surface area (Å²) in [7, 11) is 0. The fourth-order valence-corrected chi connectivity index (χ4v) is 5.22. The highest BCUT2D eigenvalue weighted by Gasteiger charge is 2.36. The van der Waals surface area contributed by atoms with Gasteiger partial charge >= 0.3 is 0 Å². The molecule has 0 saturated carbocycles. The molecule has 1 N–H and O–H groups in total. The molecular formula is C31H24ClFN2O5S.